The molecule has 2 atom stereocenters. The van der Waals surface area contributed by atoms with Crippen LogP contribution in [-0.4, -0.2) is 210 Å². The van der Waals surface area contributed by atoms with Crippen LogP contribution in [0.1, 0.15) is 78.3 Å². The molecule has 0 unspecified atom stereocenters. The van der Waals surface area contributed by atoms with E-state index in [4.69, 9.17) is 29.4 Å². The van der Waals surface area contributed by atoms with E-state index in [1.807, 2.05) is 58.3 Å². The summed E-state index contributed by atoms with van der Waals surface area (Å²) in [4.78, 5) is 102. The average Bonchev–Trinajstić information content (AvgIpc) is 2.69. The van der Waals surface area contributed by atoms with Crippen molar-refractivity contribution in [2.24, 2.45) is 5.73 Å². The van der Waals surface area contributed by atoms with E-state index in [-0.39, 0.29) is 75.2 Å². The van der Waals surface area contributed by atoms with Crippen molar-refractivity contribution in [3.05, 3.63) is 119 Å². The van der Waals surface area contributed by atoms with Gasteiger partial charge in [0, 0.05) is 135 Å². The van der Waals surface area contributed by atoms with Crippen LogP contribution in [0.4, 0.5) is 45.9 Å². The predicted octanol–water partition coefficient (Wildman–Crippen LogP) is 6.07. The molecule has 0 saturated carbocycles. The van der Waals surface area contributed by atoms with Gasteiger partial charge in [-0.25, -0.2) is 23.2 Å². The number of alkyl carbamates (subject to hydrolysis) is 1. The van der Waals surface area contributed by atoms with E-state index >= 15 is 4.39 Å². The number of hydrogen-bond acceptors (Lipinski definition) is 17. The largest absolute Gasteiger partial charge is 0.444 e. The SMILES string of the molecule is CC(C)(C)OC(=O)NC[C@H]1CN(c2ccc(N3CCN(C(=O)CCC(=O)c4ccc(CN5CCOCC5)cc4)CC3)c(F)c2)C(=O)O1.NC[C@H]1CN(c2ccc(N3CCN(C(=O)CCC(=O)c4ccc(CN5CCOCC5)cc4)CC3)c(F)c2)C(=O)O1. The number of nitrogens with one attached hydrogen (secondary N) is 1. The minimum Gasteiger partial charge on any atom is -0.444 e. The number of rotatable bonds is 19. The number of piperazine rings is 2. The molecule has 0 radical (unpaired) electrons. The average molecular weight is 1210 g/mol. The van der Waals surface area contributed by atoms with E-state index in [1.54, 1.807) is 54.8 Å². The van der Waals surface area contributed by atoms with Crippen LogP contribution in [-0.2, 0) is 46.4 Å². The molecule has 5 amide bonds. The number of anilines is 4. The summed E-state index contributed by atoms with van der Waals surface area (Å²) in [6.07, 6.45) is -2.22. The summed E-state index contributed by atoms with van der Waals surface area (Å²) >= 11 is 0. The monoisotopic (exact) mass is 1210 g/mol. The number of morpholine rings is 2. The Balaban J connectivity index is 0.000000210. The molecular formula is C63H80F2N10O12. The summed E-state index contributed by atoms with van der Waals surface area (Å²) in [5, 5.41) is 2.59. The molecule has 10 rings (SSSR count). The Hall–Kier alpha value is -7.77. The molecular weight excluding hydrogens is 1130 g/mol. The van der Waals surface area contributed by atoms with E-state index in [1.165, 1.54) is 21.9 Å². The lowest BCUT2D eigenvalue weighted by Gasteiger charge is -2.36. The second kappa shape index (κ2) is 29.8. The molecule has 3 N–H and O–H groups in total. The van der Waals surface area contributed by atoms with Crippen LogP contribution in [0.2, 0.25) is 0 Å². The Bertz CT molecular complexity index is 3050. The van der Waals surface area contributed by atoms with Crippen LogP contribution in [0.5, 0.6) is 0 Å². The van der Waals surface area contributed by atoms with Gasteiger partial charge in [-0.3, -0.25) is 38.8 Å². The normalized spacial score (nSPS) is 19.5. The number of nitrogens with zero attached hydrogens (tertiary/aromatic N) is 8. The zero-order chi connectivity index (χ0) is 61.6. The lowest BCUT2D eigenvalue weighted by atomic mass is 10.0. The van der Waals surface area contributed by atoms with Gasteiger partial charge in [0.25, 0.3) is 0 Å². The number of nitrogens with two attached hydrogens (primary N) is 1. The Labute approximate surface area is 506 Å². The maximum atomic E-state index is 15.3. The van der Waals surface area contributed by atoms with Crippen LogP contribution in [0.25, 0.3) is 0 Å². The van der Waals surface area contributed by atoms with Crippen LogP contribution < -0.4 is 30.7 Å². The van der Waals surface area contributed by atoms with E-state index in [9.17, 15) is 38.0 Å². The van der Waals surface area contributed by atoms with Crippen molar-refractivity contribution in [3.8, 4) is 0 Å². The summed E-state index contributed by atoms with van der Waals surface area (Å²) in [5.41, 5.74) is 10.0. The highest BCUT2D eigenvalue weighted by Crippen LogP contribution is 2.31. The highest BCUT2D eigenvalue weighted by molar-refractivity contribution is 5.99. The van der Waals surface area contributed by atoms with Crippen LogP contribution >= 0.6 is 0 Å². The molecule has 4 aromatic carbocycles. The minimum atomic E-state index is -0.651. The van der Waals surface area contributed by atoms with Gasteiger partial charge in [-0.2, -0.15) is 0 Å². The molecule has 0 aliphatic carbocycles. The molecule has 24 heteroatoms. The number of benzene rings is 4. The van der Waals surface area contributed by atoms with Crippen molar-refractivity contribution in [3.63, 3.8) is 0 Å². The van der Waals surface area contributed by atoms with Crippen molar-refractivity contribution < 1.29 is 66.0 Å². The summed E-state index contributed by atoms with van der Waals surface area (Å²) in [6.45, 7) is 17.7. The molecule has 0 bridgehead atoms. The molecule has 6 aliphatic rings. The first-order valence-corrected chi connectivity index (χ1v) is 30.0. The van der Waals surface area contributed by atoms with Gasteiger partial charge >= 0.3 is 18.3 Å². The molecule has 0 aromatic heterocycles. The molecule has 22 nitrogen and oxygen atoms in total. The number of halogens is 2. The number of Topliss-reactive ketones (excluding diaryl/α,β-unsaturated/α-hetero) is 2. The molecule has 6 saturated heterocycles. The van der Waals surface area contributed by atoms with Crippen LogP contribution in [0.3, 0.4) is 0 Å². The first-order valence-electron chi connectivity index (χ1n) is 30.0. The molecule has 4 aromatic rings. The van der Waals surface area contributed by atoms with E-state index in [0.717, 1.165) is 76.8 Å². The lowest BCUT2D eigenvalue weighted by molar-refractivity contribution is -0.132. The second-order valence-corrected chi connectivity index (χ2v) is 23.4. The molecule has 6 heterocycles. The van der Waals surface area contributed by atoms with Crippen molar-refractivity contribution in [2.45, 2.75) is 77.4 Å². The number of ether oxygens (including phenoxy) is 5. The van der Waals surface area contributed by atoms with Crippen molar-refractivity contribution in [2.75, 3.05) is 151 Å². The Kier molecular flexibility index (Phi) is 21.8. The first-order chi connectivity index (χ1) is 41.9. The van der Waals surface area contributed by atoms with Gasteiger partial charge in [0.2, 0.25) is 11.8 Å². The third-order valence-electron chi connectivity index (χ3n) is 16.0. The molecule has 6 aliphatic heterocycles. The van der Waals surface area contributed by atoms with Gasteiger partial charge in [-0.05, 0) is 68.3 Å². The Morgan fingerprint density at radius 2 is 0.954 bits per heavy atom. The number of cyclic esters (lactones) is 2. The third-order valence-corrected chi connectivity index (χ3v) is 16.0. The van der Waals surface area contributed by atoms with Gasteiger partial charge in [0.1, 0.15) is 29.4 Å². The number of ketones is 2. The van der Waals surface area contributed by atoms with Crippen molar-refractivity contribution in [1.82, 2.24) is 24.9 Å². The highest BCUT2D eigenvalue weighted by atomic mass is 19.1. The van der Waals surface area contributed by atoms with Crippen LogP contribution in [0, 0.1) is 11.6 Å². The fourth-order valence-corrected chi connectivity index (χ4v) is 11.1. The van der Waals surface area contributed by atoms with Gasteiger partial charge in [-0.15, -0.1) is 0 Å². The number of carbonyl (C=O) groups is 7. The van der Waals surface area contributed by atoms with E-state index < -0.39 is 47.7 Å². The van der Waals surface area contributed by atoms with Crippen molar-refractivity contribution >= 4 is 64.4 Å². The summed E-state index contributed by atoms with van der Waals surface area (Å²) in [5.74, 6) is -1.22. The maximum Gasteiger partial charge on any atom is 0.414 e. The highest BCUT2D eigenvalue weighted by Gasteiger charge is 2.35. The van der Waals surface area contributed by atoms with Gasteiger partial charge in [0.15, 0.2) is 11.6 Å². The Morgan fingerprint density at radius 1 is 0.552 bits per heavy atom. The van der Waals surface area contributed by atoms with E-state index in [0.29, 0.717) is 86.2 Å². The summed E-state index contributed by atoms with van der Waals surface area (Å²) in [6, 6.07) is 24.5. The number of amides is 5. The topological polar surface area (TPSA) is 230 Å². The zero-order valence-electron chi connectivity index (χ0n) is 49.9. The zero-order valence-corrected chi connectivity index (χ0v) is 49.9. The van der Waals surface area contributed by atoms with Gasteiger partial charge < -0.3 is 54.3 Å². The maximum absolute atomic E-state index is 15.3. The minimum absolute atomic E-state index is 0.0493. The van der Waals surface area contributed by atoms with Crippen molar-refractivity contribution in [1.29, 1.82) is 0 Å². The smallest absolute Gasteiger partial charge is 0.414 e. The second-order valence-electron chi connectivity index (χ2n) is 23.4. The predicted molar refractivity (Wildman–Crippen MR) is 321 cm³/mol. The molecule has 468 valence electrons. The van der Waals surface area contributed by atoms with Gasteiger partial charge in [-0.1, -0.05) is 48.5 Å². The van der Waals surface area contributed by atoms with E-state index in [2.05, 4.69) is 15.1 Å². The summed E-state index contributed by atoms with van der Waals surface area (Å²) in [7, 11) is 0. The van der Waals surface area contributed by atoms with Gasteiger partial charge in [0.05, 0.1) is 68.8 Å². The lowest BCUT2D eigenvalue weighted by Crippen LogP contribution is -2.49. The fourth-order valence-electron chi connectivity index (χ4n) is 11.1. The number of carbonyl (C=O) groups excluding carboxylic acids is 7. The van der Waals surface area contributed by atoms with Crippen LogP contribution in [0.15, 0.2) is 84.9 Å². The standard InChI is InChI=1S/C34H44FN5O7.C29H36FN5O5/c1-34(2,3)47-32(43)36-21-27-23-40(33(44)46-27)26-8-9-29(28(35)20-26)38-12-14-39(15-13-38)31(42)11-10-30(41)25-6-4-24(5-7-25)22-37-16-18-45-19-17-37;30-25-17-23(35-20-24(18-31)40-29(35)38)5-6-26(25)33-9-11-34(12-10-33)28(37)8-7-27(36)22-3-1-21(2-4-22)19-32-13-15-39-16-14-32/h4-9,20,27H,10-19,21-23H2,1-3H3,(H,36,43);1-6,17,24H,7-16,18-20,31H2/t27-;24-/m00/s1. The quantitative estimate of drug-likeness (QED) is 0.0801. The molecule has 6 fully saturated rings. The Morgan fingerprint density at radius 3 is 1.33 bits per heavy atom. The molecule has 87 heavy (non-hydrogen) atoms. The third kappa shape index (κ3) is 17.7. The fraction of sp³-hybridized carbons (Fsp3) is 0.508. The first kappa shape index (κ1) is 63.7. The summed E-state index contributed by atoms with van der Waals surface area (Å²) < 4.78 is 56.7. The molecule has 0 spiro atoms. The number of hydrogen-bond donors (Lipinski definition) is 2.